The summed E-state index contributed by atoms with van der Waals surface area (Å²) in [6.45, 7) is 0.499. The summed E-state index contributed by atoms with van der Waals surface area (Å²) in [7, 11) is 0. The average Bonchev–Trinajstić information content (AvgIpc) is 2.64. The lowest BCUT2D eigenvalue weighted by molar-refractivity contribution is -0.257. The molecule has 0 saturated carbocycles. The Kier molecular flexibility index (Phi) is 14.1. The Morgan fingerprint density at radius 1 is 0.821 bits per heavy atom. The van der Waals surface area contributed by atoms with Gasteiger partial charge in [0.2, 0.25) is 0 Å². The van der Waals surface area contributed by atoms with Gasteiger partial charge in [0, 0.05) is 6.07 Å². The molecule has 0 saturated heterocycles. The Balaban J connectivity index is 2.13. The first-order chi connectivity index (χ1) is 13.5. The molecule has 0 aromatic heterocycles. The van der Waals surface area contributed by atoms with Crippen molar-refractivity contribution in [1.82, 2.24) is 0 Å². The largest absolute Gasteiger partial charge is 0.346 e. The van der Waals surface area contributed by atoms with Crippen molar-refractivity contribution in [1.29, 1.82) is 0 Å². The van der Waals surface area contributed by atoms with Crippen molar-refractivity contribution in [2.24, 2.45) is 0 Å². The van der Waals surface area contributed by atoms with Gasteiger partial charge < -0.3 is 14.9 Å². The molecular weight excluding hydrogens is 362 g/mol. The number of hydrogen-bond acceptors (Lipinski definition) is 3. The molecule has 2 N–H and O–H groups in total. The van der Waals surface area contributed by atoms with Crippen molar-refractivity contribution in [3.63, 3.8) is 0 Å². The Hall–Kier alpha value is -1.04. The fourth-order valence-electron chi connectivity index (χ4n) is 3.55. The van der Waals surface area contributed by atoms with Gasteiger partial charge in [0.15, 0.2) is 0 Å². The van der Waals surface area contributed by atoms with E-state index in [1.54, 1.807) is 0 Å². The molecule has 3 nitrogen and oxygen atoms in total. The van der Waals surface area contributed by atoms with Crippen LogP contribution in [0.3, 0.4) is 0 Å². The molecule has 0 bridgehead atoms. The van der Waals surface area contributed by atoms with Gasteiger partial charge in [-0.1, -0.05) is 77.2 Å². The van der Waals surface area contributed by atoms with E-state index < -0.39 is 18.1 Å². The highest BCUT2D eigenvalue weighted by atomic mass is 19.1. The number of benzene rings is 1. The number of aryl methyl sites for hydroxylation is 1. The van der Waals surface area contributed by atoms with Crippen LogP contribution < -0.4 is 0 Å². The van der Waals surface area contributed by atoms with E-state index in [-0.39, 0.29) is 6.10 Å². The molecule has 162 valence electrons. The summed E-state index contributed by atoms with van der Waals surface area (Å²) >= 11 is 0. The van der Waals surface area contributed by atoms with Crippen LogP contribution in [-0.4, -0.2) is 22.8 Å². The summed E-state index contributed by atoms with van der Waals surface area (Å²) in [6.07, 6.45) is 14.5. The molecule has 0 spiro atoms. The van der Waals surface area contributed by atoms with Crippen LogP contribution in [0.2, 0.25) is 0 Å². The molecule has 0 aliphatic heterocycles. The number of unbranched alkanes of at least 4 members (excludes halogenated alkanes) is 9. The van der Waals surface area contributed by atoms with Crippen LogP contribution in [0.15, 0.2) is 18.2 Å². The monoisotopic (exact) mass is 400 g/mol. The summed E-state index contributed by atoms with van der Waals surface area (Å²) < 4.78 is 31.7. The third-order valence-corrected chi connectivity index (χ3v) is 5.18. The van der Waals surface area contributed by atoms with Gasteiger partial charge in [-0.15, -0.1) is 0 Å². The van der Waals surface area contributed by atoms with Crippen molar-refractivity contribution >= 4 is 0 Å². The smallest absolute Gasteiger partial charge is 0.266 e. The molecule has 1 aromatic rings. The summed E-state index contributed by atoms with van der Waals surface area (Å²) in [5.74, 6) is -1.01. The molecule has 1 unspecified atom stereocenters. The number of ether oxygens (including phenoxy) is 1. The Labute approximate surface area is 169 Å². The van der Waals surface area contributed by atoms with E-state index in [0.717, 1.165) is 57.4 Å². The molecule has 1 aromatic carbocycles. The first-order valence-electron chi connectivity index (χ1n) is 11.0. The van der Waals surface area contributed by atoms with Crippen molar-refractivity contribution in [3.8, 4) is 0 Å². The second kappa shape index (κ2) is 15.8. The van der Waals surface area contributed by atoms with E-state index in [2.05, 4.69) is 6.92 Å². The standard InChI is InChI=1S/C23H38F2O3/c1-2-3-4-5-6-7-11-14-21(28-23(26)27)15-12-9-8-10-13-19-16-17-20(24)18-22(19)25/h16-18,21,23,26-27H,2-15H2,1H3. The van der Waals surface area contributed by atoms with E-state index in [0.29, 0.717) is 12.0 Å². The van der Waals surface area contributed by atoms with Gasteiger partial charge >= 0.3 is 0 Å². The number of halogens is 2. The van der Waals surface area contributed by atoms with Crippen molar-refractivity contribution in [3.05, 3.63) is 35.4 Å². The first kappa shape index (κ1) is 25.0. The lowest BCUT2D eigenvalue weighted by atomic mass is 10.0. The van der Waals surface area contributed by atoms with E-state index in [1.165, 1.54) is 44.2 Å². The summed E-state index contributed by atoms with van der Waals surface area (Å²) in [4.78, 5) is 0. The van der Waals surface area contributed by atoms with Gasteiger partial charge in [-0.05, 0) is 37.3 Å². The molecule has 0 heterocycles. The van der Waals surface area contributed by atoms with Gasteiger partial charge in [0.1, 0.15) is 11.6 Å². The van der Waals surface area contributed by atoms with Gasteiger partial charge in [-0.2, -0.15) is 0 Å². The zero-order chi connectivity index (χ0) is 20.6. The Bertz CT molecular complexity index is 509. The Morgan fingerprint density at radius 2 is 1.39 bits per heavy atom. The number of rotatable bonds is 17. The van der Waals surface area contributed by atoms with Gasteiger partial charge in [0.05, 0.1) is 6.10 Å². The summed E-state index contributed by atoms with van der Waals surface area (Å²) in [6, 6.07) is 3.74. The molecule has 0 amide bonds. The lowest BCUT2D eigenvalue weighted by Crippen LogP contribution is -2.21. The molecule has 28 heavy (non-hydrogen) atoms. The minimum atomic E-state index is -1.71. The van der Waals surface area contributed by atoms with Crippen LogP contribution in [0.4, 0.5) is 8.78 Å². The third-order valence-electron chi connectivity index (χ3n) is 5.18. The zero-order valence-corrected chi connectivity index (χ0v) is 17.3. The average molecular weight is 401 g/mol. The van der Waals surface area contributed by atoms with Crippen molar-refractivity contribution in [2.45, 2.75) is 109 Å². The van der Waals surface area contributed by atoms with Crippen LogP contribution in [0, 0.1) is 11.6 Å². The molecule has 0 fully saturated rings. The maximum atomic E-state index is 13.6. The maximum Gasteiger partial charge on any atom is 0.266 e. The minimum absolute atomic E-state index is 0.120. The summed E-state index contributed by atoms with van der Waals surface area (Å²) in [5.41, 5.74) is 0.560. The molecule has 1 rings (SSSR count). The number of aliphatic hydroxyl groups is 2. The lowest BCUT2D eigenvalue weighted by Gasteiger charge is -2.19. The quantitative estimate of drug-likeness (QED) is 0.240. The van der Waals surface area contributed by atoms with Crippen LogP contribution in [0.25, 0.3) is 0 Å². The highest BCUT2D eigenvalue weighted by molar-refractivity contribution is 5.18. The zero-order valence-electron chi connectivity index (χ0n) is 17.3. The fraction of sp³-hybridized carbons (Fsp3) is 0.739. The molecule has 5 heteroatoms. The fourth-order valence-corrected chi connectivity index (χ4v) is 3.55. The second-order valence-corrected chi connectivity index (χ2v) is 7.68. The Morgan fingerprint density at radius 3 is 1.96 bits per heavy atom. The van der Waals surface area contributed by atoms with Crippen molar-refractivity contribution < 1.29 is 23.7 Å². The molecule has 0 aliphatic rings. The highest BCUT2D eigenvalue weighted by Crippen LogP contribution is 2.18. The maximum absolute atomic E-state index is 13.6. The van der Waals surface area contributed by atoms with Crippen molar-refractivity contribution in [2.75, 3.05) is 0 Å². The molecular formula is C23H38F2O3. The van der Waals surface area contributed by atoms with Crippen LogP contribution in [0.1, 0.15) is 96.0 Å². The molecule has 0 aliphatic carbocycles. The number of hydrogen-bond donors (Lipinski definition) is 2. The second-order valence-electron chi connectivity index (χ2n) is 7.68. The predicted molar refractivity (Wildman–Crippen MR) is 109 cm³/mol. The van der Waals surface area contributed by atoms with E-state index >= 15 is 0 Å². The van der Waals surface area contributed by atoms with Crippen LogP contribution >= 0.6 is 0 Å². The normalized spacial score (nSPS) is 12.6. The van der Waals surface area contributed by atoms with Gasteiger partial charge in [-0.25, -0.2) is 8.78 Å². The minimum Gasteiger partial charge on any atom is -0.346 e. The van der Waals surface area contributed by atoms with E-state index in [4.69, 9.17) is 14.9 Å². The predicted octanol–water partition coefficient (Wildman–Crippen LogP) is 6.25. The molecule has 0 radical (unpaired) electrons. The topological polar surface area (TPSA) is 49.7 Å². The highest BCUT2D eigenvalue weighted by Gasteiger charge is 2.12. The number of aliphatic hydroxyl groups excluding tert-OH is 1. The van der Waals surface area contributed by atoms with Crippen LogP contribution in [0.5, 0.6) is 0 Å². The summed E-state index contributed by atoms with van der Waals surface area (Å²) in [5, 5.41) is 18.2. The van der Waals surface area contributed by atoms with Gasteiger partial charge in [-0.3, -0.25) is 0 Å². The molecule has 1 atom stereocenters. The SMILES string of the molecule is CCCCCCCCCC(CCCCCCc1ccc(F)cc1F)OC(O)O. The van der Waals surface area contributed by atoms with Gasteiger partial charge in [0.25, 0.3) is 6.48 Å². The van der Waals surface area contributed by atoms with E-state index in [9.17, 15) is 8.78 Å². The van der Waals surface area contributed by atoms with Crippen LogP contribution in [-0.2, 0) is 11.2 Å². The third kappa shape index (κ3) is 12.4. The first-order valence-corrected chi connectivity index (χ1v) is 11.0. The van der Waals surface area contributed by atoms with E-state index in [1.807, 2.05) is 0 Å².